The van der Waals surface area contributed by atoms with Crippen molar-refractivity contribution in [2.75, 3.05) is 24.1 Å². The number of aliphatic hydroxyl groups excluding tert-OH is 1. The van der Waals surface area contributed by atoms with Gasteiger partial charge in [0.1, 0.15) is 17.2 Å². The maximum Gasteiger partial charge on any atom is 0.255 e. The van der Waals surface area contributed by atoms with E-state index >= 15 is 0 Å². The van der Waals surface area contributed by atoms with Crippen LogP contribution < -0.4 is 10.0 Å². The monoisotopic (exact) mass is 626 g/mol. The van der Waals surface area contributed by atoms with E-state index in [0.29, 0.717) is 34.3 Å². The number of fused-ring (bicyclic) bond motifs is 2. The van der Waals surface area contributed by atoms with Gasteiger partial charge in [-0.15, -0.1) is 0 Å². The number of carbonyl (C=O) groups is 1. The number of aliphatic hydroxyl groups is 1. The Labute approximate surface area is 259 Å². The fourth-order valence-electron chi connectivity index (χ4n) is 5.53. The molecular formula is C34H31FN4O5S. The minimum atomic E-state index is -3.74. The number of para-hydroxylation sites is 1. The zero-order valence-corrected chi connectivity index (χ0v) is 25.7. The number of furan rings is 1. The van der Waals surface area contributed by atoms with Crippen LogP contribution in [0.3, 0.4) is 0 Å². The summed E-state index contributed by atoms with van der Waals surface area (Å²) in [6, 6.07) is 20.3. The molecule has 6 rings (SSSR count). The summed E-state index contributed by atoms with van der Waals surface area (Å²) in [6.45, 7) is 3.44. The lowest BCUT2D eigenvalue weighted by atomic mass is 9.99. The maximum atomic E-state index is 13.7. The number of anilines is 1. The van der Waals surface area contributed by atoms with E-state index in [-0.39, 0.29) is 35.0 Å². The lowest BCUT2D eigenvalue weighted by Gasteiger charge is -2.15. The van der Waals surface area contributed by atoms with Crippen LogP contribution in [0.15, 0.2) is 77.2 Å². The molecule has 0 aliphatic heterocycles. The molecule has 0 saturated heterocycles. The Bertz CT molecular complexity index is 2190. The molecule has 9 nitrogen and oxygen atoms in total. The average Bonchev–Trinajstić information content (AvgIpc) is 3.58. The Morgan fingerprint density at radius 3 is 2.49 bits per heavy atom. The number of nitrogens with one attached hydrogen (secondary N) is 3. The van der Waals surface area contributed by atoms with Crippen LogP contribution in [0.2, 0.25) is 0 Å². The molecule has 0 atom stereocenters. The molecule has 0 unspecified atom stereocenters. The molecule has 4 N–H and O–H groups in total. The summed E-state index contributed by atoms with van der Waals surface area (Å²) in [5.74, 6) is -0.824. The van der Waals surface area contributed by atoms with Crippen molar-refractivity contribution in [2.45, 2.75) is 20.3 Å². The molecule has 45 heavy (non-hydrogen) atoms. The van der Waals surface area contributed by atoms with Crippen LogP contribution in [0.1, 0.15) is 28.4 Å². The van der Waals surface area contributed by atoms with Crippen LogP contribution in [0, 0.1) is 12.7 Å². The second-order valence-electron chi connectivity index (χ2n) is 10.6. The fraction of sp³-hybridized carbons (Fsp3) is 0.176. The van der Waals surface area contributed by atoms with E-state index in [1.807, 2.05) is 37.3 Å². The molecule has 11 heteroatoms. The molecule has 230 valence electrons. The van der Waals surface area contributed by atoms with Gasteiger partial charge in [-0.2, -0.15) is 0 Å². The molecule has 0 spiro atoms. The van der Waals surface area contributed by atoms with Crippen LogP contribution in [-0.4, -0.2) is 48.8 Å². The highest BCUT2D eigenvalue weighted by Gasteiger charge is 2.25. The number of H-pyrrole nitrogens is 1. The summed E-state index contributed by atoms with van der Waals surface area (Å²) in [6.07, 6.45) is 0.357. The van der Waals surface area contributed by atoms with Gasteiger partial charge in [0.05, 0.1) is 34.1 Å². The molecule has 6 aromatic rings. The van der Waals surface area contributed by atoms with Crippen LogP contribution in [0.5, 0.6) is 0 Å². The van der Waals surface area contributed by atoms with Gasteiger partial charge in [-0.1, -0.05) is 24.3 Å². The second kappa shape index (κ2) is 11.8. The predicted octanol–water partition coefficient (Wildman–Crippen LogP) is 6.41. The SMILES string of the molecule is CCS(=O)(=O)Nc1cc2oc(-c3ccc(F)cc3)c(C(=O)NC)c2cc1-c1ccc(CCO)c(-c2[nH]c3ccccc3c2C)n1. The first-order valence-electron chi connectivity index (χ1n) is 14.4. The summed E-state index contributed by atoms with van der Waals surface area (Å²) < 4.78 is 48.2. The largest absolute Gasteiger partial charge is 0.455 e. The molecule has 3 heterocycles. The van der Waals surface area contributed by atoms with E-state index in [1.165, 1.54) is 44.3 Å². The van der Waals surface area contributed by atoms with E-state index in [0.717, 1.165) is 27.7 Å². The first kappa shape index (κ1) is 30.0. The number of nitrogens with zero attached hydrogens (tertiary/aromatic N) is 1. The lowest BCUT2D eigenvalue weighted by Crippen LogP contribution is -2.18. The number of amides is 1. The molecule has 3 aromatic carbocycles. The first-order chi connectivity index (χ1) is 21.6. The van der Waals surface area contributed by atoms with E-state index in [1.54, 1.807) is 12.1 Å². The third kappa shape index (κ3) is 5.56. The normalized spacial score (nSPS) is 11.8. The van der Waals surface area contributed by atoms with Crippen molar-refractivity contribution >= 4 is 43.5 Å². The topological polar surface area (TPSA) is 137 Å². The number of benzene rings is 3. The quantitative estimate of drug-likeness (QED) is 0.146. The van der Waals surface area contributed by atoms with Gasteiger partial charge in [0, 0.05) is 47.1 Å². The third-order valence-electron chi connectivity index (χ3n) is 7.87. The van der Waals surface area contributed by atoms with Gasteiger partial charge in [-0.05, 0) is 73.9 Å². The number of rotatable bonds is 9. The van der Waals surface area contributed by atoms with Crippen molar-refractivity contribution in [3.63, 3.8) is 0 Å². The molecule has 0 aliphatic rings. The number of hydrogen-bond donors (Lipinski definition) is 4. The number of hydrogen-bond acceptors (Lipinski definition) is 6. The second-order valence-corrected chi connectivity index (χ2v) is 12.7. The number of pyridine rings is 1. The third-order valence-corrected chi connectivity index (χ3v) is 9.16. The number of aryl methyl sites for hydroxylation is 1. The van der Waals surface area contributed by atoms with Gasteiger partial charge in [-0.3, -0.25) is 9.52 Å². The van der Waals surface area contributed by atoms with Crippen molar-refractivity contribution in [1.82, 2.24) is 15.3 Å². The van der Waals surface area contributed by atoms with E-state index < -0.39 is 21.7 Å². The molecule has 0 bridgehead atoms. The van der Waals surface area contributed by atoms with Gasteiger partial charge in [0.2, 0.25) is 10.0 Å². The van der Waals surface area contributed by atoms with Crippen LogP contribution >= 0.6 is 0 Å². The van der Waals surface area contributed by atoms with Crippen molar-refractivity contribution in [2.24, 2.45) is 0 Å². The fourth-order valence-corrected chi connectivity index (χ4v) is 6.18. The number of aromatic amines is 1. The number of halogens is 1. The molecule has 0 saturated carbocycles. The number of sulfonamides is 1. The molecular weight excluding hydrogens is 595 g/mol. The Balaban J connectivity index is 1.63. The predicted molar refractivity (Wildman–Crippen MR) is 174 cm³/mol. The lowest BCUT2D eigenvalue weighted by molar-refractivity contribution is 0.0964. The molecule has 1 amide bonds. The van der Waals surface area contributed by atoms with Gasteiger partial charge in [0.15, 0.2) is 0 Å². The van der Waals surface area contributed by atoms with Crippen LogP contribution in [0.25, 0.3) is 55.8 Å². The van der Waals surface area contributed by atoms with Crippen molar-refractivity contribution in [3.05, 3.63) is 95.3 Å². The summed E-state index contributed by atoms with van der Waals surface area (Å²) >= 11 is 0. The maximum absolute atomic E-state index is 13.7. The Morgan fingerprint density at radius 2 is 1.80 bits per heavy atom. The number of aromatic nitrogens is 2. The zero-order valence-electron chi connectivity index (χ0n) is 24.9. The highest BCUT2D eigenvalue weighted by atomic mass is 32.2. The van der Waals surface area contributed by atoms with Crippen molar-refractivity contribution in [1.29, 1.82) is 0 Å². The van der Waals surface area contributed by atoms with Gasteiger partial charge < -0.3 is 19.8 Å². The smallest absolute Gasteiger partial charge is 0.255 e. The summed E-state index contributed by atoms with van der Waals surface area (Å²) in [4.78, 5) is 21.7. The summed E-state index contributed by atoms with van der Waals surface area (Å²) in [5.41, 5.74) is 6.15. The first-order valence-corrected chi connectivity index (χ1v) is 16.1. The number of carbonyl (C=O) groups excluding carboxylic acids is 1. The van der Waals surface area contributed by atoms with Gasteiger partial charge in [-0.25, -0.2) is 17.8 Å². The van der Waals surface area contributed by atoms with Crippen LogP contribution in [0.4, 0.5) is 10.1 Å². The minimum absolute atomic E-state index is 0.0858. The Kier molecular flexibility index (Phi) is 7.90. The minimum Gasteiger partial charge on any atom is -0.455 e. The standard InChI is InChI=1S/C34H31FN4O5S/c1-4-45(42,43)39-28-18-29-25(30(34(41)36-3)33(44-29)21-9-12-22(35)13-10-21)17-24(28)27-14-11-20(15-16-40)32(38-27)31-19(2)23-7-5-6-8-26(23)37-31/h5-14,17-18,37,39-40H,4,15-16H2,1-3H3,(H,36,41). The van der Waals surface area contributed by atoms with E-state index in [2.05, 4.69) is 15.0 Å². The molecule has 0 aliphatic carbocycles. The van der Waals surface area contributed by atoms with E-state index in [4.69, 9.17) is 9.40 Å². The Hall–Kier alpha value is -5.00. The van der Waals surface area contributed by atoms with E-state index in [9.17, 15) is 22.7 Å². The Morgan fingerprint density at radius 1 is 1.04 bits per heavy atom. The highest BCUT2D eigenvalue weighted by molar-refractivity contribution is 7.92. The van der Waals surface area contributed by atoms with Gasteiger partial charge >= 0.3 is 0 Å². The molecule has 3 aromatic heterocycles. The highest BCUT2D eigenvalue weighted by Crippen LogP contribution is 2.41. The van der Waals surface area contributed by atoms with Gasteiger partial charge in [0.25, 0.3) is 5.91 Å². The summed E-state index contributed by atoms with van der Waals surface area (Å²) in [7, 11) is -2.24. The van der Waals surface area contributed by atoms with Crippen molar-refractivity contribution < 1.29 is 27.1 Å². The molecule has 0 radical (unpaired) electrons. The average molecular weight is 627 g/mol. The summed E-state index contributed by atoms with van der Waals surface area (Å²) in [5, 5.41) is 13.9. The van der Waals surface area contributed by atoms with Crippen molar-refractivity contribution in [3.8, 4) is 34.0 Å². The van der Waals surface area contributed by atoms with Crippen LogP contribution in [-0.2, 0) is 16.4 Å². The zero-order chi connectivity index (χ0) is 31.9. The molecule has 0 fully saturated rings.